The first-order valence-corrected chi connectivity index (χ1v) is 11.4. The molecule has 1 fully saturated rings. The lowest BCUT2D eigenvalue weighted by atomic mass is 10.1. The molecule has 0 spiro atoms. The lowest BCUT2D eigenvalue weighted by molar-refractivity contribution is -0.122. The molecule has 1 aliphatic rings. The number of imide groups is 1. The average molecular weight is 458 g/mol. The zero-order valence-corrected chi connectivity index (χ0v) is 19.6. The molecule has 0 unspecified atom stereocenters. The van der Waals surface area contributed by atoms with Gasteiger partial charge in [0.05, 0.1) is 12.1 Å². The summed E-state index contributed by atoms with van der Waals surface area (Å²) in [7, 11) is 0. The number of aryl methyl sites for hydroxylation is 2. The number of carbonyl (C=O) groups is 2. The van der Waals surface area contributed by atoms with Crippen LogP contribution in [0.1, 0.15) is 23.1 Å². The molecule has 0 aliphatic carbocycles. The van der Waals surface area contributed by atoms with E-state index in [0.29, 0.717) is 23.8 Å². The molecule has 3 aromatic carbocycles. The molecule has 1 N–H and O–H groups in total. The zero-order chi connectivity index (χ0) is 23.4. The largest absolute Gasteiger partial charge is 0.336 e. The minimum Gasteiger partial charge on any atom is -0.336 e. The number of nitrogens with zero attached hydrogens (tertiary/aromatic N) is 2. The van der Waals surface area contributed by atoms with Crippen LogP contribution in [0, 0.1) is 13.8 Å². The van der Waals surface area contributed by atoms with E-state index in [1.807, 2.05) is 85.5 Å². The maximum Gasteiger partial charge on any atom is 0.257 e. The Bertz CT molecular complexity index is 1160. The van der Waals surface area contributed by atoms with Gasteiger partial charge in [-0.1, -0.05) is 60.2 Å². The molecule has 1 aliphatic heterocycles. The van der Waals surface area contributed by atoms with Gasteiger partial charge in [-0.3, -0.25) is 9.59 Å². The molecule has 2 amide bonds. The summed E-state index contributed by atoms with van der Waals surface area (Å²) < 4.78 is 0. The molecular weight excluding hydrogens is 430 g/mol. The number of anilines is 2. The molecule has 1 saturated heterocycles. The summed E-state index contributed by atoms with van der Waals surface area (Å²) in [6.07, 6.45) is 0.802. The number of nitrogens with one attached hydrogen (secondary N) is 1. The molecule has 4 rings (SSSR count). The third-order valence-corrected chi connectivity index (χ3v) is 6.14. The standard InChI is InChI=1S/C27H27N3O2S/c1-19-11-13-23(14-12-19)30-25(31)18-24(26(30)32)29(16-15-21-8-4-3-5-9-21)27(33)28-22-10-6-7-20(2)17-22/h3-14,17,24H,15-16,18H2,1-2H3,(H,28,33)/t24-/m1/s1. The fraction of sp³-hybridized carbons (Fsp3) is 0.222. The predicted octanol–water partition coefficient (Wildman–Crippen LogP) is 4.88. The Morgan fingerprint density at radius 2 is 1.70 bits per heavy atom. The van der Waals surface area contributed by atoms with Crippen molar-refractivity contribution < 1.29 is 9.59 Å². The summed E-state index contributed by atoms with van der Waals surface area (Å²) in [5.74, 6) is -0.456. The molecule has 0 radical (unpaired) electrons. The molecular formula is C27H27N3O2S. The third kappa shape index (κ3) is 5.29. The molecule has 3 aromatic rings. The zero-order valence-electron chi connectivity index (χ0n) is 18.8. The Hall–Kier alpha value is -3.51. The maximum absolute atomic E-state index is 13.4. The second-order valence-corrected chi connectivity index (χ2v) is 8.74. The van der Waals surface area contributed by atoms with E-state index in [1.54, 1.807) is 0 Å². The van der Waals surface area contributed by atoms with Crippen LogP contribution in [0.5, 0.6) is 0 Å². The van der Waals surface area contributed by atoms with E-state index in [9.17, 15) is 9.59 Å². The number of hydrogen-bond donors (Lipinski definition) is 1. The summed E-state index contributed by atoms with van der Waals surface area (Å²) in [6, 6.07) is 24.8. The molecule has 0 aromatic heterocycles. The van der Waals surface area contributed by atoms with E-state index in [1.165, 1.54) is 4.90 Å². The van der Waals surface area contributed by atoms with Gasteiger partial charge in [0.15, 0.2) is 5.11 Å². The van der Waals surface area contributed by atoms with Crippen molar-refractivity contribution in [3.05, 3.63) is 95.6 Å². The summed E-state index contributed by atoms with van der Waals surface area (Å²) >= 11 is 5.75. The Morgan fingerprint density at radius 3 is 2.39 bits per heavy atom. The highest BCUT2D eigenvalue weighted by atomic mass is 32.1. The quantitative estimate of drug-likeness (QED) is 0.422. The highest BCUT2D eigenvalue weighted by Crippen LogP contribution is 2.27. The van der Waals surface area contributed by atoms with Crippen LogP contribution in [0.15, 0.2) is 78.9 Å². The SMILES string of the molecule is Cc1ccc(N2C(=O)C[C@@H](N(CCc3ccccc3)C(=S)Nc3cccc(C)c3)C2=O)cc1. The van der Waals surface area contributed by atoms with Crippen LogP contribution in [0.25, 0.3) is 0 Å². The smallest absolute Gasteiger partial charge is 0.257 e. The van der Waals surface area contributed by atoms with Gasteiger partial charge in [0.25, 0.3) is 5.91 Å². The van der Waals surface area contributed by atoms with E-state index in [0.717, 1.165) is 22.4 Å². The molecule has 168 valence electrons. The fourth-order valence-corrected chi connectivity index (χ4v) is 4.37. The topological polar surface area (TPSA) is 52.7 Å². The molecule has 0 bridgehead atoms. The second kappa shape index (κ2) is 9.96. The number of thiocarbonyl (C=S) groups is 1. The van der Waals surface area contributed by atoms with E-state index in [2.05, 4.69) is 17.4 Å². The summed E-state index contributed by atoms with van der Waals surface area (Å²) in [4.78, 5) is 29.5. The van der Waals surface area contributed by atoms with Crippen LogP contribution in [-0.4, -0.2) is 34.4 Å². The molecule has 6 heteroatoms. The molecule has 33 heavy (non-hydrogen) atoms. The van der Waals surface area contributed by atoms with Crippen LogP contribution < -0.4 is 10.2 Å². The van der Waals surface area contributed by atoms with Crippen molar-refractivity contribution in [2.24, 2.45) is 0 Å². The lowest BCUT2D eigenvalue weighted by Crippen LogP contribution is -2.48. The molecule has 0 saturated carbocycles. The van der Waals surface area contributed by atoms with Gasteiger partial charge in [0, 0.05) is 12.2 Å². The first-order chi connectivity index (χ1) is 15.9. The normalized spacial score (nSPS) is 15.6. The van der Waals surface area contributed by atoms with E-state index >= 15 is 0 Å². The van der Waals surface area contributed by atoms with Crippen molar-refractivity contribution in [2.45, 2.75) is 32.7 Å². The van der Waals surface area contributed by atoms with Gasteiger partial charge in [-0.15, -0.1) is 0 Å². The van der Waals surface area contributed by atoms with Crippen molar-refractivity contribution in [3.63, 3.8) is 0 Å². The molecule has 1 atom stereocenters. The minimum atomic E-state index is -0.646. The van der Waals surface area contributed by atoms with Gasteiger partial charge in [-0.25, -0.2) is 4.90 Å². The number of amides is 2. The highest BCUT2D eigenvalue weighted by molar-refractivity contribution is 7.80. The number of benzene rings is 3. The fourth-order valence-electron chi connectivity index (χ4n) is 4.04. The Balaban J connectivity index is 1.58. The number of hydrogen-bond acceptors (Lipinski definition) is 3. The van der Waals surface area contributed by atoms with Crippen molar-refractivity contribution in [2.75, 3.05) is 16.8 Å². The van der Waals surface area contributed by atoms with Gasteiger partial charge in [0.2, 0.25) is 5.91 Å². The maximum atomic E-state index is 13.4. The average Bonchev–Trinajstić information content (AvgIpc) is 3.09. The summed E-state index contributed by atoms with van der Waals surface area (Å²) in [5, 5.41) is 3.71. The molecule has 5 nitrogen and oxygen atoms in total. The van der Waals surface area contributed by atoms with E-state index < -0.39 is 6.04 Å². The minimum absolute atomic E-state index is 0.0944. The second-order valence-electron chi connectivity index (χ2n) is 8.35. The highest BCUT2D eigenvalue weighted by Gasteiger charge is 2.43. The Morgan fingerprint density at radius 1 is 0.970 bits per heavy atom. The van der Waals surface area contributed by atoms with E-state index in [-0.39, 0.29) is 18.2 Å². The van der Waals surface area contributed by atoms with Crippen LogP contribution in [0.3, 0.4) is 0 Å². The van der Waals surface area contributed by atoms with Crippen LogP contribution in [-0.2, 0) is 16.0 Å². The van der Waals surface area contributed by atoms with E-state index in [4.69, 9.17) is 12.2 Å². The first kappa shape index (κ1) is 22.7. The summed E-state index contributed by atoms with van der Waals surface area (Å²) in [5.41, 5.74) is 4.78. The van der Waals surface area contributed by atoms with Crippen molar-refractivity contribution in [1.29, 1.82) is 0 Å². The predicted molar refractivity (Wildman–Crippen MR) is 136 cm³/mol. The van der Waals surface area contributed by atoms with Gasteiger partial charge >= 0.3 is 0 Å². The Labute approximate surface area is 200 Å². The molecule has 1 heterocycles. The van der Waals surface area contributed by atoms with Crippen LogP contribution >= 0.6 is 12.2 Å². The van der Waals surface area contributed by atoms with Crippen LogP contribution in [0.4, 0.5) is 11.4 Å². The van der Waals surface area contributed by atoms with Gasteiger partial charge in [-0.05, 0) is 67.9 Å². The van der Waals surface area contributed by atoms with Gasteiger partial charge < -0.3 is 10.2 Å². The number of carbonyl (C=O) groups excluding carboxylic acids is 2. The lowest BCUT2D eigenvalue weighted by Gasteiger charge is -2.30. The van der Waals surface area contributed by atoms with Gasteiger partial charge in [-0.2, -0.15) is 0 Å². The van der Waals surface area contributed by atoms with Crippen molar-refractivity contribution in [3.8, 4) is 0 Å². The van der Waals surface area contributed by atoms with Crippen LogP contribution in [0.2, 0.25) is 0 Å². The number of rotatable bonds is 6. The summed E-state index contributed by atoms with van der Waals surface area (Å²) in [6.45, 7) is 4.51. The first-order valence-electron chi connectivity index (χ1n) is 11.0. The Kier molecular flexibility index (Phi) is 6.84. The van der Waals surface area contributed by atoms with Crippen molar-refractivity contribution in [1.82, 2.24) is 4.90 Å². The third-order valence-electron chi connectivity index (χ3n) is 5.81. The van der Waals surface area contributed by atoms with Crippen molar-refractivity contribution >= 4 is 40.5 Å². The van der Waals surface area contributed by atoms with Gasteiger partial charge in [0.1, 0.15) is 6.04 Å². The monoisotopic (exact) mass is 457 g/mol.